The average Bonchev–Trinajstić information content (AvgIpc) is 3.09. The largest absolute Gasteiger partial charge is 0.457 e. The van der Waals surface area contributed by atoms with E-state index >= 15 is 0 Å². The standard InChI is InChI=1S/C24H25N3O4S2/c28-22(25-10-11-26-12-14-30-15-13-26)17-27-23(29)21(33-24(27)32)16-18-6-8-20(9-7-18)31-19-4-2-1-3-5-19/h1-9,16H,10-15,17H2,(H,25,28). The number of carbonyl (C=O) groups excluding carboxylic acids is 2. The molecule has 2 saturated heterocycles. The smallest absolute Gasteiger partial charge is 0.266 e. The Balaban J connectivity index is 1.29. The van der Waals surface area contributed by atoms with Crippen molar-refractivity contribution in [2.45, 2.75) is 0 Å². The molecule has 2 fully saturated rings. The van der Waals surface area contributed by atoms with Gasteiger partial charge in [0.25, 0.3) is 5.91 Å². The summed E-state index contributed by atoms with van der Waals surface area (Å²) in [6.07, 6.45) is 1.78. The Morgan fingerprint density at radius 1 is 1.09 bits per heavy atom. The number of thioether (sulfide) groups is 1. The van der Waals surface area contributed by atoms with Gasteiger partial charge in [-0.1, -0.05) is 54.3 Å². The number of hydrogen-bond donors (Lipinski definition) is 1. The summed E-state index contributed by atoms with van der Waals surface area (Å²) >= 11 is 6.55. The van der Waals surface area contributed by atoms with Gasteiger partial charge in [-0.3, -0.25) is 19.4 Å². The molecule has 4 rings (SSSR count). The highest BCUT2D eigenvalue weighted by molar-refractivity contribution is 8.26. The second-order valence-electron chi connectivity index (χ2n) is 7.56. The van der Waals surface area contributed by atoms with E-state index in [1.165, 1.54) is 16.7 Å². The van der Waals surface area contributed by atoms with E-state index in [4.69, 9.17) is 21.7 Å². The summed E-state index contributed by atoms with van der Waals surface area (Å²) in [6.45, 7) is 4.40. The summed E-state index contributed by atoms with van der Waals surface area (Å²) in [5.74, 6) is 0.996. The Labute approximate surface area is 202 Å². The number of ether oxygens (including phenoxy) is 2. The van der Waals surface area contributed by atoms with Crippen molar-refractivity contribution < 1.29 is 19.1 Å². The van der Waals surface area contributed by atoms with Crippen molar-refractivity contribution in [1.82, 2.24) is 15.1 Å². The van der Waals surface area contributed by atoms with E-state index in [1.807, 2.05) is 54.6 Å². The fraction of sp³-hybridized carbons (Fsp3) is 0.292. The molecular formula is C24H25N3O4S2. The molecule has 2 heterocycles. The van der Waals surface area contributed by atoms with Crippen LogP contribution in [0, 0.1) is 0 Å². The van der Waals surface area contributed by atoms with Gasteiger partial charge in [-0.15, -0.1) is 0 Å². The zero-order chi connectivity index (χ0) is 23.0. The molecule has 33 heavy (non-hydrogen) atoms. The SMILES string of the molecule is O=C(CN1C(=O)C(=Cc2ccc(Oc3ccccc3)cc2)SC1=S)NCCN1CCOCC1. The molecule has 172 valence electrons. The number of thiocarbonyl (C=S) groups is 1. The van der Waals surface area contributed by atoms with E-state index < -0.39 is 0 Å². The van der Waals surface area contributed by atoms with Crippen LogP contribution in [0.2, 0.25) is 0 Å². The first-order chi connectivity index (χ1) is 16.1. The summed E-state index contributed by atoms with van der Waals surface area (Å²) < 4.78 is 11.5. The van der Waals surface area contributed by atoms with Crippen LogP contribution in [-0.4, -0.2) is 71.9 Å². The molecule has 0 unspecified atom stereocenters. The van der Waals surface area contributed by atoms with Gasteiger partial charge < -0.3 is 14.8 Å². The van der Waals surface area contributed by atoms with Crippen molar-refractivity contribution >= 4 is 46.2 Å². The van der Waals surface area contributed by atoms with Gasteiger partial charge in [0.15, 0.2) is 0 Å². The molecule has 2 aliphatic heterocycles. The summed E-state index contributed by atoms with van der Waals surface area (Å²) in [5, 5.41) is 2.87. The Bertz CT molecular complexity index is 1020. The highest BCUT2D eigenvalue weighted by atomic mass is 32.2. The van der Waals surface area contributed by atoms with E-state index in [2.05, 4.69) is 10.2 Å². The van der Waals surface area contributed by atoms with Gasteiger partial charge in [-0.05, 0) is 35.9 Å². The minimum Gasteiger partial charge on any atom is -0.457 e. The molecule has 0 bridgehead atoms. The average molecular weight is 484 g/mol. The van der Waals surface area contributed by atoms with Crippen molar-refractivity contribution in [3.05, 3.63) is 65.1 Å². The Kier molecular flexibility index (Phi) is 8.11. The minimum atomic E-state index is -0.252. The van der Waals surface area contributed by atoms with Gasteiger partial charge in [0.2, 0.25) is 5.91 Å². The molecular weight excluding hydrogens is 458 g/mol. The topological polar surface area (TPSA) is 71.1 Å². The normalized spacial score (nSPS) is 18.1. The fourth-order valence-electron chi connectivity index (χ4n) is 3.42. The molecule has 2 aromatic rings. The van der Waals surface area contributed by atoms with Gasteiger partial charge >= 0.3 is 0 Å². The number of nitrogens with zero attached hydrogens (tertiary/aromatic N) is 2. The lowest BCUT2D eigenvalue weighted by atomic mass is 10.2. The number of benzene rings is 2. The predicted molar refractivity (Wildman–Crippen MR) is 133 cm³/mol. The van der Waals surface area contributed by atoms with Gasteiger partial charge in [-0.2, -0.15) is 0 Å². The molecule has 2 aliphatic rings. The molecule has 9 heteroatoms. The first-order valence-electron chi connectivity index (χ1n) is 10.7. The number of para-hydroxylation sites is 1. The van der Waals surface area contributed by atoms with Crippen molar-refractivity contribution in [2.24, 2.45) is 0 Å². The lowest BCUT2D eigenvalue weighted by Gasteiger charge is -2.26. The highest BCUT2D eigenvalue weighted by Gasteiger charge is 2.33. The number of hydrogen-bond acceptors (Lipinski definition) is 7. The summed E-state index contributed by atoms with van der Waals surface area (Å²) in [4.78, 5) is 29.2. The lowest BCUT2D eigenvalue weighted by molar-refractivity contribution is -0.128. The number of amides is 2. The van der Waals surface area contributed by atoms with Crippen LogP contribution in [0.3, 0.4) is 0 Å². The van der Waals surface area contributed by atoms with Crippen LogP contribution in [0.1, 0.15) is 5.56 Å². The number of morpholine rings is 1. The third kappa shape index (κ3) is 6.64. The molecule has 0 aliphatic carbocycles. The molecule has 1 N–H and O–H groups in total. The second kappa shape index (κ2) is 11.4. The Hall–Kier alpha value is -2.72. The van der Waals surface area contributed by atoms with Gasteiger partial charge in [-0.25, -0.2) is 0 Å². The van der Waals surface area contributed by atoms with Crippen LogP contribution in [-0.2, 0) is 14.3 Å². The number of carbonyl (C=O) groups is 2. The van der Waals surface area contributed by atoms with E-state index in [9.17, 15) is 9.59 Å². The molecule has 0 aromatic heterocycles. The summed E-state index contributed by atoms with van der Waals surface area (Å²) in [7, 11) is 0. The van der Waals surface area contributed by atoms with Crippen molar-refractivity contribution in [3.8, 4) is 11.5 Å². The summed E-state index contributed by atoms with van der Waals surface area (Å²) in [6, 6.07) is 17.0. The van der Waals surface area contributed by atoms with E-state index in [-0.39, 0.29) is 18.4 Å². The fourth-order valence-corrected chi connectivity index (χ4v) is 4.68. The maximum absolute atomic E-state index is 12.8. The maximum Gasteiger partial charge on any atom is 0.266 e. The van der Waals surface area contributed by atoms with E-state index in [0.29, 0.717) is 21.5 Å². The van der Waals surface area contributed by atoms with Crippen LogP contribution in [0.25, 0.3) is 6.08 Å². The molecule has 0 atom stereocenters. The third-order valence-electron chi connectivity index (χ3n) is 5.19. The number of rotatable bonds is 8. The van der Waals surface area contributed by atoms with Crippen LogP contribution in [0.15, 0.2) is 59.5 Å². The molecule has 7 nitrogen and oxygen atoms in total. The minimum absolute atomic E-state index is 0.0744. The molecule has 2 amide bonds. The van der Waals surface area contributed by atoms with Crippen LogP contribution in [0.4, 0.5) is 0 Å². The summed E-state index contributed by atoms with van der Waals surface area (Å²) in [5.41, 5.74) is 0.853. The monoisotopic (exact) mass is 483 g/mol. The zero-order valence-corrected chi connectivity index (χ0v) is 19.7. The quantitative estimate of drug-likeness (QED) is 0.457. The zero-order valence-electron chi connectivity index (χ0n) is 18.1. The Morgan fingerprint density at radius 2 is 1.79 bits per heavy atom. The molecule has 0 spiro atoms. The third-order valence-corrected chi connectivity index (χ3v) is 6.56. The van der Waals surface area contributed by atoms with Crippen molar-refractivity contribution in [3.63, 3.8) is 0 Å². The first kappa shape index (κ1) is 23.4. The second-order valence-corrected chi connectivity index (χ2v) is 9.23. The Morgan fingerprint density at radius 3 is 2.52 bits per heavy atom. The molecule has 0 saturated carbocycles. The van der Waals surface area contributed by atoms with Crippen LogP contribution >= 0.6 is 24.0 Å². The van der Waals surface area contributed by atoms with Gasteiger partial charge in [0.1, 0.15) is 22.4 Å². The highest BCUT2D eigenvalue weighted by Crippen LogP contribution is 2.32. The van der Waals surface area contributed by atoms with E-state index in [0.717, 1.165) is 44.2 Å². The van der Waals surface area contributed by atoms with Crippen molar-refractivity contribution in [1.29, 1.82) is 0 Å². The van der Waals surface area contributed by atoms with Gasteiger partial charge in [0, 0.05) is 26.2 Å². The molecule has 2 aromatic carbocycles. The predicted octanol–water partition coefficient (Wildman–Crippen LogP) is 3.13. The maximum atomic E-state index is 12.8. The van der Waals surface area contributed by atoms with Crippen LogP contribution in [0.5, 0.6) is 11.5 Å². The number of nitrogens with one attached hydrogen (secondary N) is 1. The van der Waals surface area contributed by atoms with Crippen LogP contribution < -0.4 is 10.1 Å². The molecule has 0 radical (unpaired) electrons. The van der Waals surface area contributed by atoms with E-state index in [1.54, 1.807) is 6.08 Å². The van der Waals surface area contributed by atoms with Crippen molar-refractivity contribution in [2.75, 3.05) is 45.9 Å². The lowest BCUT2D eigenvalue weighted by Crippen LogP contribution is -2.44. The van der Waals surface area contributed by atoms with Gasteiger partial charge in [0.05, 0.1) is 18.1 Å². The first-order valence-corrected chi connectivity index (χ1v) is 12.0.